The molecule has 188 valence electrons. The van der Waals surface area contributed by atoms with Gasteiger partial charge in [-0.1, -0.05) is 12.1 Å². The standard InChI is InChI=1S/C25H18F3N5O4/c1-10(34)21(35)22-29-7-6-13(30-22)19-18-11(8-17(20(19)26)37-25(27)28)24(36)32-14-9-16(18)33-15-5-3-2-4-12(15)31-23(14)33/h2-8,10,14,16,25,34H,9H2,1H3,(H,32,36)/t10?,14-,16-/m1/s1. The number of amides is 1. The number of hydrogen-bond donors (Lipinski definition) is 2. The average Bonchev–Trinajstić information content (AvgIpc) is 3.37. The van der Waals surface area contributed by atoms with Crippen LogP contribution in [0.5, 0.6) is 5.75 Å². The lowest BCUT2D eigenvalue weighted by Crippen LogP contribution is -2.28. The van der Waals surface area contributed by atoms with Crippen LogP contribution in [-0.4, -0.2) is 49.0 Å². The second-order valence-electron chi connectivity index (χ2n) is 8.82. The summed E-state index contributed by atoms with van der Waals surface area (Å²) < 4.78 is 48.7. The van der Waals surface area contributed by atoms with Crippen LogP contribution in [0.2, 0.25) is 0 Å². The summed E-state index contributed by atoms with van der Waals surface area (Å²) in [6.07, 6.45) is 0.0983. The lowest BCUT2D eigenvalue weighted by molar-refractivity contribution is -0.0521. The van der Waals surface area contributed by atoms with Gasteiger partial charge in [0.25, 0.3) is 5.91 Å². The van der Waals surface area contributed by atoms with Crippen LogP contribution < -0.4 is 10.1 Å². The molecule has 12 heteroatoms. The largest absolute Gasteiger partial charge is 0.432 e. The van der Waals surface area contributed by atoms with Crippen LogP contribution >= 0.6 is 0 Å². The molecule has 4 aromatic rings. The molecular weight excluding hydrogens is 491 g/mol. The number of halogens is 3. The van der Waals surface area contributed by atoms with Crippen LogP contribution in [0.3, 0.4) is 0 Å². The van der Waals surface area contributed by atoms with E-state index in [1.165, 1.54) is 19.2 Å². The van der Waals surface area contributed by atoms with E-state index in [-0.39, 0.29) is 22.4 Å². The van der Waals surface area contributed by atoms with Crippen molar-refractivity contribution in [3.05, 3.63) is 71.2 Å². The SMILES string of the molecule is CC(O)C(=O)c1nccc(-c2c(F)c(OC(F)F)cc3c2[C@H]2C[C@@H](NC3=O)c3nc4ccccc4n32)n1. The van der Waals surface area contributed by atoms with E-state index in [9.17, 15) is 23.5 Å². The van der Waals surface area contributed by atoms with E-state index < -0.39 is 53.9 Å². The van der Waals surface area contributed by atoms with Gasteiger partial charge in [-0.3, -0.25) is 9.59 Å². The Morgan fingerprint density at radius 1 is 1.24 bits per heavy atom. The number of aliphatic hydroxyl groups is 1. The van der Waals surface area contributed by atoms with Gasteiger partial charge in [0.05, 0.1) is 28.8 Å². The monoisotopic (exact) mass is 509 g/mol. The zero-order valence-corrected chi connectivity index (χ0v) is 19.2. The maximum absolute atomic E-state index is 16.0. The highest BCUT2D eigenvalue weighted by molar-refractivity contribution is 6.00. The molecule has 0 aliphatic carbocycles. The summed E-state index contributed by atoms with van der Waals surface area (Å²) in [5.41, 5.74) is 1.15. The minimum atomic E-state index is -3.35. The smallest absolute Gasteiger partial charge is 0.387 e. The third-order valence-electron chi connectivity index (χ3n) is 6.59. The molecule has 6 rings (SSSR count). The first-order chi connectivity index (χ1) is 17.7. The molecule has 2 aliphatic heterocycles. The number of para-hydroxylation sites is 2. The minimum Gasteiger partial charge on any atom is -0.432 e. The van der Waals surface area contributed by atoms with Crippen LogP contribution in [0, 0.1) is 5.82 Å². The molecule has 2 aromatic heterocycles. The number of Topliss-reactive ketones (excluding diaryl/α,β-unsaturated/α-hetero) is 1. The molecule has 2 N–H and O–H groups in total. The van der Waals surface area contributed by atoms with Gasteiger partial charge in [0.15, 0.2) is 17.4 Å². The predicted molar refractivity (Wildman–Crippen MR) is 123 cm³/mol. The summed E-state index contributed by atoms with van der Waals surface area (Å²) >= 11 is 0. The van der Waals surface area contributed by atoms with Gasteiger partial charge in [-0.2, -0.15) is 8.78 Å². The maximum atomic E-state index is 16.0. The predicted octanol–water partition coefficient (Wildman–Crippen LogP) is 3.57. The summed E-state index contributed by atoms with van der Waals surface area (Å²) in [6.45, 7) is -2.12. The lowest BCUT2D eigenvalue weighted by atomic mass is 9.90. The second kappa shape index (κ2) is 8.37. The van der Waals surface area contributed by atoms with Crippen molar-refractivity contribution in [3.8, 4) is 17.0 Å². The minimum absolute atomic E-state index is 0.0648. The summed E-state index contributed by atoms with van der Waals surface area (Å²) in [5, 5.41) is 12.6. The Balaban J connectivity index is 1.66. The van der Waals surface area contributed by atoms with Gasteiger partial charge < -0.3 is 19.7 Å². The number of rotatable bonds is 5. The Hall–Kier alpha value is -4.32. The normalized spacial score (nSPS) is 18.8. The van der Waals surface area contributed by atoms with Gasteiger partial charge in [0.1, 0.15) is 11.9 Å². The van der Waals surface area contributed by atoms with Gasteiger partial charge in [-0.25, -0.2) is 19.3 Å². The molecular formula is C25H18F3N5O4. The van der Waals surface area contributed by atoms with E-state index in [1.54, 1.807) is 0 Å². The third kappa shape index (κ3) is 3.55. The fourth-order valence-electron chi connectivity index (χ4n) is 5.09. The highest BCUT2D eigenvalue weighted by Crippen LogP contribution is 2.49. The first-order valence-electron chi connectivity index (χ1n) is 11.4. The number of carbonyl (C=O) groups excluding carboxylic acids is 2. The molecule has 2 aliphatic rings. The molecule has 2 aromatic carbocycles. The zero-order chi connectivity index (χ0) is 26.0. The molecule has 0 spiro atoms. The average molecular weight is 509 g/mol. The number of nitrogens with zero attached hydrogens (tertiary/aromatic N) is 4. The Bertz CT molecular complexity index is 1600. The molecule has 0 saturated carbocycles. The molecule has 0 saturated heterocycles. The van der Waals surface area contributed by atoms with Gasteiger partial charge in [0.2, 0.25) is 5.78 Å². The zero-order valence-electron chi connectivity index (χ0n) is 19.2. The summed E-state index contributed by atoms with van der Waals surface area (Å²) in [7, 11) is 0. The van der Waals surface area contributed by atoms with E-state index in [2.05, 4.69) is 25.0 Å². The van der Waals surface area contributed by atoms with Crippen LogP contribution in [0.15, 0.2) is 42.6 Å². The lowest BCUT2D eigenvalue weighted by Gasteiger charge is -2.23. The summed E-state index contributed by atoms with van der Waals surface area (Å²) in [6, 6.07) is 8.44. The van der Waals surface area contributed by atoms with Gasteiger partial charge >= 0.3 is 6.61 Å². The Labute approximate surface area is 206 Å². The molecule has 37 heavy (non-hydrogen) atoms. The number of alkyl halides is 2. The van der Waals surface area contributed by atoms with Crippen molar-refractivity contribution in [2.45, 2.75) is 38.1 Å². The molecule has 9 nitrogen and oxygen atoms in total. The molecule has 4 heterocycles. The Morgan fingerprint density at radius 2 is 2.03 bits per heavy atom. The van der Waals surface area contributed by atoms with Crippen LogP contribution in [-0.2, 0) is 0 Å². The molecule has 0 fully saturated rings. The summed E-state index contributed by atoms with van der Waals surface area (Å²) in [4.78, 5) is 38.3. The number of aromatic nitrogens is 4. The van der Waals surface area contributed by atoms with Crippen molar-refractivity contribution in [3.63, 3.8) is 0 Å². The number of imidazole rings is 1. The van der Waals surface area contributed by atoms with Gasteiger partial charge in [0, 0.05) is 22.9 Å². The quantitative estimate of drug-likeness (QED) is 0.395. The third-order valence-corrected chi connectivity index (χ3v) is 6.59. The number of aliphatic hydroxyl groups excluding tert-OH is 1. The fourth-order valence-corrected chi connectivity index (χ4v) is 5.09. The summed E-state index contributed by atoms with van der Waals surface area (Å²) in [5.74, 6) is -3.24. The number of hydrogen-bond acceptors (Lipinski definition) is 7. The van der Waals surface area contributed by atoms with E-state index in [0.29, 0.717) is 17.8 Å². The topological polar surface area (TPSA) is 119 Å². The van der Waals surface area contributed by atoms with E-state index in [4.69, 9.17) is 0 Å². The number of carbonyl (C=O) groups is 2. The number of fused-ring (bicyclic) bond motifs is 9. The van der Waals surface area contributed by atoms with E-state index in [0.717, 1.165) is 11.6 Å². The highest BCUT2D eigenvalue weighted by atomic mass is 19.3. The van der Waals surface area contributed by atoms with Crippen LogP contribution in [0.4, 0.5) is 13.2 Å². The van der Waals surface area contributed by atoms with Crippen molar-refractivity contribution in [2.24, 2.45) is 0 Å². The number of benzene rings is 2. The molecule has 1 amide bonds. The van der Waals surface area contributed by atoms with Crippen molar-refractivity contribution in [2.75, 3.05) is 0 Å². The first kappa shape index (κ1) is 23.1. The molecule has 1 unspecified atom stereocenters. The van der Waals surface area contributed by atoms with E-state index in [1.807, 2.05) is 28.8 Å². The Kier molecular flexibility index (Phi) is 5.23. The number of nitrogens with one attached hydrogen (secondary N) is 1. The van der Waals surface area contributed by atoms with Gasteiger partial charge in [-0.15, -0.1) is 0 Å². The van der Waals surface area contributed by atoms with Crippen molar-refractivity contribution in [1.82, 2.24) is 24.8 Å². The van der Waals surface area contributed by atoms with Crippen molar-refractivity contribution >= 4 is 22.7 Å². The first-order valence-corrected chi connectivity index (χ1v) is 11.4. The molecule has 2 bridgehead atoms. The van der Waals surface area contributed by atoms with Crippen LogP contribution in [0.25, 0.3) is 22.3 Å². The number of ketones is 1. The molecule has 3 atom stereocenters. The second-order valence-corrected chi connectivity index (χ2v) is 8.82. The van der Waals surface area contributed by atoms with Crippen molar-refractivity contribution < 1.29 is 32.6 Å². The van der Waals surface area contributed by atoms with E-state index >= 15 is 4.39 Å². The highest BCUT2D eigenvalue weighted by Gasteiger charge is 2.43. The Morgan fingerprint density at radius 3 is 2.78 bits per heavy atom. The fraction of sp³-hybridized carbons (Fsp3) is 0.240. The van der Waals surface area contributed by atoms with Crippen molar-refractivity contribution in [1.29, 1.82) is 0 Å². The maximum Gasteiger partial charge on any atom is 0.387 e. The number of ether oxygens (including phenoxy) is 1. The van der Waals surface area contributed by atoms with Gasteiger partial charge in [-0.05, 0) is 37.6 Å². The molecule has 0 radical (unpaired) electrons. The van der Waals surface area contributed by atoms with Crippen LogP contribution in [0.1, 0.15) is 57.8 Å².